The average molecular weight is 480 g/mol. The van der Waals surface area contributed by atoms with Crippen LogP contribution in [0.1, 0.15) is 50.3 Å². The van der Waals surface area contributed by atoms with Crippen LogP contribution in [0.2, 0.25) is 0 Å². The van der Waals surface area contributed by atoms with Gasteiger partial charge in [0.2, 0.25) is 0 Å². The number of alkyl halides is 2. The smallest absolute Gasteiger partial charge is 0.328 e. The molecule has 1 aliphatic rings. The van der Waals surface area contributed by atoms with E-state index in [1.54, 1.807) is 53.4 Å². The van der Waals surface area contributed by atoms with E-state index < -0.39 is 6.43 Å². The van der Waals surface area contributed by atoms with E-state index in [1.807, 2.05) is 12.1 Å². The number of benzene rings is 2. The second-order valence-electron chi connectivity index (χ2n) is 10.5. The minimum atomic E-state index is -2.61. The molecule has 184 valence electrons. The van der Waals surface area contributed by atoms with E-state index in [9.17, 15) is 13.6 Å². The van der Waals surface area contributed by atoms with E-state index in [0.29, 0.717) is 11.1 Å². The lowest BCUT2D eigenvalue weighted by Gasteiger charge is -2.34. The molecule has 6 nitrogen and oxygen atoms in total. The van der Waals surface area contributed by atoms with Gasteiger partial charge in [0.25, 0.3) is 6.43 Å². The summed E-state index contributed by atoms with van der Waals surface area (Å²) in [4.78, 5) is 14.9. The number of imidazole rings is 1. The van der Waals surface area contributed by atoms with Gasteiger partial charge in [0.1, 0.15) is 0 Å². The van der Waals surface area contributed by atoms with Gasteiger partial charge in [0, 0.05) is 56.4 Å². The van der Waals surface area contributed by atoms with Crippen molar-refractivity contribution in [3.8, 4) is 11.1 Å². The van der Waals surface area contributed by atoms with E-state index in [-0.39, 0.29) is 16.7 Å². The minimum absolute atomic E-state index is 0.00730. The molecule has 0 amide bonds. The van der Waals surface area contributed by atoms with Gasteiger partial charge >= 0.3 is 5.69 Å². The first kappa shape index (κ1) is 23.3. The van der Waals surface area contributed by atoms with Crippen LogP contribution >= 0.6 is 0 Å². The number of aromatic nitrogens is 4. The lowest BCUT2D eigenvalue weighted by molar-refractivity contribution is 0.152. The molecule has 0 aliphatic carbocycles. The molecule has 3 heterocycles. The summed E-state index contributed by atoms with van der Waals surface area (Å²) >= 11 is 0. The monoisotopic (exact) mass is 479 g/mol. The molecule has 2 aromatic heterocycles. The van der Waals surface area contributed by atoms with Crippen molar-refractivity contribution in [2.24, 2.45) is 21.1 Å². The fraction of sp³-hybridized carbons (Fsp3) is 0.407. The summed E-state index contributed by atoms with van der Waals surface area (Å²) in [5.41, 5.74) is 6.50. The van der Waals surface area contributed by atoms with Gasteiger partial charge in [-0.05, 0) is 59.2 Å². The van der Waals surface area contributed by atoms with E-state index in [4.69, 9.17) is 0 Å². The first-order valence-corrected chi connectivity index (χ1v) is 11.9. The number of nitrogens with zero attached hydrogens (tertiary/aromatic N) is 5. The molecule has 2 aromatic carbocycles. The topological polar surface area (TPSA) is 48.0 Å². The number of aryl methyl sites for hydroxylation is 4. The van der Waals surface area contributed by atoms with Crippen molar-refractivity contribution in [3.05, 3.63) is 63.8 Å². The highest BCUT2D eigenvalue weighted by Crippen LogP contribution is 2.43. The molecular weight excluding hydrogens is 448 g/mol. The maximum atomic E-state index is 14.3. The van der Waals surface area contributed by atoms with Crippen LogP contribution in [0.15, 0.2) is 41.5 Å². The third kappa shape index (κ3) is 3.75. The lowest BCUT2D eigenvalue weighted by atomic mass is 9.85. The van der Waals surface area contributed by atoms with Crippen LogP contribution in [0.25, 0.3) is 22.2 Å². The Hall–Kier alpha value is -3.42. The van der Waals surface area contributed by atoms with Crippen LogP contribution in [0, 0.1) is 0 Å². The van der Waals surface area contributed by atoms with Gasteiger partial charge in [0.05, 0.1) is 17.2 Å². The van der Waals surface area contributed by atoms with Crippen LogP contribution < -0.4 is 10.6 Å². The molecule has 35 heavy (non-hydrogen) atoms. The molecule has 0 fully saturated rings. The number of rotatable bonds is 3. The van der Waals surface area contributed by atoms with E-state index in [2.05, 4.69) is 36.8 Å². The predicted molar refractivity (Wildman–Crippen MR) is 136 cm³/mol. The molecule has 8 heteroatoms. The van der Waals surface area contributed by atoms with E-state index in [1.165, 1.54) is 0 Å². The van der Waals surface area contributed by atoms with Crippen LogP contribution in [0.3, 0.4) is 0 Å². The highest BCUT2D eigenvalue weighted by Gasteiger charge is 2.28. The van der Waals surface area contributed by atoms with Gasteiger partial charge in [-0.15, -0.1) is 0 Å². The van der Waals surface area contributed by atoms with Crippen LogP contribution in [-0.2, 0) is 33.0 Å². The Morgan fingerprint density at radius 3 is 2.40 bits per heavy atom. The van der Waals surface area contributed by atoms with Gasteiger partial charge in [-0.1, -0.05) is 20.8 Å². The number of anilines is 2. The number of hydrogen-bond donors (Lipinski definition) is 0. The summed E-state index contributed by atoms with van der Waals surface area (Å²) in [6.07, 6.45) is 2.52. The lowest BCUT2D eigenvalue weighted by Crippen LogP contribution is -2.26. The number of halogens is 2. The molecule has 0 bridgehead atoms. The van der Waals surface area contributed by atoms with Gasteiger partial charge in [-0.2, -0.15) is 5.10 Å². The van der Waals surface area contributed by atoms with Crippen molar-refractivity contribution in [1.82, 2.24) is 18.9 Å². The molecule has 4 aromatic rings. The quantitative estimate of drug-likeness (QED) is 0.385. The zero-order valence-corrected chi connectivity index (χ0v) is 21.1. The van der Waals surface area contributed by atoms with Gasteiger partial charge in [-0.25, -0.2) is 13.6 Å². The SMILES string of the molecule is Cn1cc(-c2cc3c(cc2C(F)F)N(c2cc(C(C)(C)C)c4c(c2)n(C)c(=O)n4C)CCC3)cn1. The Labute approximate surface area is 203 Å². The van der Waals surface area contributed by atoms with Crippen LogP contribution in [0.4, 0.5) is 20.2 Å². The molecular formula is C27H31F2N5O. The molecule has 0 N–H and O–H groups in total. The first-order chi connectivity index (χ1) is 16.5. The molecule has 0 unspecified atom stereocenters. The fourth-order valence-corrected chi connectivity index (χ4v) is 5.27. The summed E-state index contributed by atoms with van der Waals surface area (Å²) in [7, 11) is 5.36. The van der Waals surface area contributed by atoms with Gasteiger partial charge < -0.3 is 4.90 Å². The van der Waals surface area contributed by atoms with Crippen molar-refractivity contribution in [3.63, 3.8) is 0 Å². The summed E-state index contributed by atoms with van der Waals surface area (Å²) in [5, 5.41) is 4.18. The third-order valence-corrected chi connectivity index (χ3v) is 7.09. The molecule has 0 saturated heterocycles. The van der Waals surface area contributed by atoms with Gasteiger partial charge in [0.15, 0.2) is 0 Å². The molecule has 0 spiro atoms. The Morgan fingerprint density at radius 1 is 1.03 bits per heavy atom. The largest absolute Gasteiger partial charge is 0.341 e. The summed E-state index contributed by atoms with van der Waals surface area (Å²) in [6.45, 7) is 7.10. The summed E-state index contributed by atoms with van der Waals surface area (Å²) < 4.78 is 33.5. The van der Waals surface area contributed by atoms with Crippen molar-refractivity contribution >= 4 is 22.4 Å². The maximum Gasteiger partial charge on any atom is 0.328 e. The Kier molecular flexibility index (Phi) is 5.38. The van der Waals surface area contributed by atoms with Crippen LogP contribution in [-0.4, -0.2) is 25.5 Å². The Balaban J connectivity index is 1.74. The standard InChI is InChI=1S/C27H31F2N5O/c1-27(2,3)21-11-18(12-23-24(21)33(6)26(35)32(23)5)34-9-7-8-16-10-19(17-14-30-31(4)15-17)20(25(28)29)13-22(16)34/h10-15,25H,7-9H2,1-6H3. The Morgan fingerprint density at radius 2 is 1.77 bits per heavy atom. The molecule has 0 saturated carbocycles. The maximum absolute atomic E-state index is 14.3. The summed E-state index contributed by atoms with van der Waals surface area (Å²) in [5.74, 6) is 0. The number of fused-ring (bicyclic) bond motifs is 2. The molecule has 1 aliphatic heterocycles. The first-order valence-electron chi connectivity index (χ1n) is 11.9. The normalized spacial score (nSPS) is 14.3. The van der Waals surface area contributed by atoms with Crippen molar-refractivity contribution in [2.45, 2.75) is 45.5 Å². The zero-order valence-electron chi connectivity index (χ0n) is 21.1. The molecule has 0 radical (unpaired) electrons. The highest BCUT2D eigenvalue weighted by atomic mass is 19.3. The highest BCUT2D eigenvalue weighted by molar-refractivity contribution is 5.87. The average Bonchev–Trinajstić information content (AvgIpc) is 3.33. The second kappa shape index (κ2) is 8.07. The zero-order chi connectivity index (χ0) is 25.2. The number of hydrogen-bond acceptors (Lipinski definition) is 3. The van der Waals surface area contributed by atoms with E-state index in [0.717, 1.165) is 52.9 Å². The van der Waals surface area contributed by atoms with Crippen molar-refractivity contribution in [1.29, 1.82) is 0 Å². The molecule has 0 atom stereocenters. The van der Waals surface area contributed by atoms with E-state index >= 15 is 0 Å². The Bertz CT molecular complexity index is 1500. The summed E-state index contributed by atoms with van der Waals surface area (Å²) in [6, 6.07) is 7.68. The second-order valence-corrected chi connectivity index (χ2v) is 10.5. The fourth-order valence-electron chi connectivity index (χ4n) is 5.27. The van der Waals surface area contributed by atoms with Crippen molar-refractivity contribution < 1.29 is 8.78 Å². The third-order valence-electron chi connectivity index (χ3n) is 7.09. The van der Waals surface area contributed by atoms with Gasteiger partial charge in [-0.3, -0.25) is 13.8 Å². The van der Waals surface area contributed by atoms with Crippen LogP contribution in [0.5, 0.6) is 0 Å². The van der Waals surface area contributed by atoms with Crippen molar-refractivity contribution in [2.75, 3.05) is 11.4 Å². The predicted octanol–water partition coefficient (Wildman–Crippen LogP) is 5.60. The molecule has 5 rings (SSSR count). The minimum Gasteiger partial charge on any atom is -0.341 e.